The lowest BCUT2D eigenvalue weighted by Crippen LogP contribution is -2.44. The molecule has 10 nitrogen and oxygen atoms in total. The first-order valence-corrected chi connectivity index (χ1v) is 14.1. The third-order valence-corrected chi connectivity index (χ3v) is 7.03. The minimum absolute atomic E-state index is 0.000853. The van der Waals surface area contributed by atoms with Gasteiger partial charge < -0.3 is 29.6 Å². The Morgan fingerprint density at radius 2 is 0.974 bits per heavy atom. The van der Waals surface area contributed by atoms with E-state index in [4.69, 9.17) is 18.9 Å². The van der Waals surface area contributed by atoms with Crippen molar-refractivity contribution in [3.63, 3.8) is 0 Å². The van der Waals surface area contributed by atoms with Crippen LogP contribution in [0.4, 0.5) is 9.59 Å². The number of amides is 2. The summed E-state index contributed by atoms with van der Waals surface area (Å²) in [6.07, 6.45) is 10.8. The van der Waals surface area contributed by atoms with Crippen molar-refractivity contribution < 1.29 is 38.1 Å². The van der Waals surface area contributed by atoms with Crippen LogP contribution in [0.25, 0.3) is 0 Å². The van der Waals surface area contributed by atoms with E-state index >= 15 is 0 Å². The van der Waals surface area contributed by atoms with Crippen LogP contribution in [0.2, 0.25) is 0 Å². The molecule has 2 fully saturated rings. The van der Waals surface area contributed by atoms with Crippen LogP contribution in [-0.2, 0) is 28.5 Å². The molecule has 38 heavy (non-hydrogen) atoms. The molecule has 2 N–H and O–H groups in total. The van der Waals surface area contributed by atoms with Gasteiger partial charge in [-0.1, -0.05) is 40.5 Å². The molecule has 2 aliphatic carbocycles. The van der Waals surface area contributed by atoms with Crippen molar-refractivity contribution in [2.24, 2.45) is 11.8 Å². The lowest BCUT2D eigenvalue weighted by Gasteiger charge is -2.25. The average molecular weight is 539 g/mol. The highest BCUT2D eigenvalue weighted by atomic mass is 16.6. The fraction of sp³-hybridized carbons (Fsp3) is 0.786. The Hall–Kier alpha value is -2.78. The SMILES string of the molecule is CC(C)[C@@H](COC(=O)/C=C/C(=O)OC[C@@H](NC(=O)OC1CCCCC1)C(C)C)NC(=O)OC1CCCCC1. The maximum Gasteiger partial charge on any atom is 0.407 e. The maximum atomic E-state index is 12.2. The molecule has 0 heterocycles. The molecule has 2 atom stereocenters. The second kappa shape index (κ2) is 16.9. The van der Waals surface area contributed by atoms with Gasteiger partial charge in [0, 0.05) is 12.2 Å². The summed E-state index contributed by atoms with van der Waals surface area (Å²) in [5.41, 5.74) is 0. The molecule has 0 radical (unpaired) electrons. The molecule has 216 valence electrons. The second-order valence-corrected chi connectivity index (χ2v) is 10.9. The molecular weight excluding hydrogens is 492 g/mol. The highest BCUT2D eigenvalue weighted by Crippen LogP contribution is 2.21. The van der Waals surface area contributed by atoms with Gasteiger partial charge in [0.15, 0.2) is 0 Å². The van der Waals surface area contributed by atoms with Crippen molar-refractivity contribution in [3.05, 3.63) is 12.2 Å². The van der Waals surface area contributed by atoms with Crippen LogP contribution < -0.4 is 10.6 Å². The summed E-state index contributed by atoms with van der Waals surface area (Å²) >= 11 is 0. The van der Waals surface area contributed by atoms with Gasteiger partial charge >= 0.3 is 24.1 Å². The van der Waals surface area contributed by atoms with Gasteiger partial charge in [0.05, 0.1) is 12.1 Å². The highest BCUT2D eigenvalue weighted by Gasteiger charge is 2.24. The van der Waals surface area contributed by atoms with Gasteiger partial charge in [-0.25, -0.2) is 19.2 Å². The predicted octanol–water partition coefficient (Wildman–Crippen LogP) is 4.80. The monoisotopic (exact) mass is 538 g/mol. The van der Waals surface area contributed by atoms with E-state index in [9.17, 15) is 19.2 Å². The molecule has 2 amide bonds. The fourth-order valence-corrected chi connectivity index (χ4v) is 4.42. The number of alkyl carbamates (subject to hydrolysis) is 2. The maximum absolute atomic E-state index is 12.2. The van der Waals surface area contributed by atoms with Crippen LogP contribution in [0.5, 0.6) is 0 Å². The van der Waals surface area contributed by atoms with Crippen molar-refractivity contribution in [2.75, 3.05) is 13.2 Å². The van der Waals surface area contributed by atoms with Crippen LogP contribution in [-0.4, -0.2) is 61.6 Å². The lowest BCUT2D eigenvalue weighted by molar-refractivity contribution is -0.141. The molecule has 2 saturated carbocycles. The normalized spacial score (nSPS) is 18.6. The largest absolute Gasteiger partial charge is 0.460 e. The number of nitrogens with one attached hydrogen (secondary N) is 2. The summed E-state index contributed by atoms with van der Waals surface area (Å²) < 4.78 is 21.4. The van der Waals surface area contributed by atoms with Crippen LogP contribution in [0.1, 0.15) is 91.9 Å². The number of esters is 2. The summed E-state index contributed by atoms with van der Waals surface area (Å²) in [5, 5.41) is 5.54. The molecule has 2 aliphatic rings. The van der Waals surface area contributed by atoms with Crippen LogP contribution in [0.15, 0.2) is 12.2 Å². The fourth-order valence-electron chi connectivity index (χ4n) is 4.42. The van der Waals surface area contributed by atoms with E-state index in [1.807, 2.05) is 27.7 Å². The van der Waals surface area contributed by atoms with E-state index in [0.29, 0.717) is 0 Å². The molecule has 0 aromatic rings. The molecule has 0 aromatic carbocycles. The van der Waals surface area contributed by atoms with Gasteiger partial charge in [0.1, 0.15) is 25.4 Å². The predicted molar refractivity (Wildman–Crippen MR) is 141 cm³/mol. The van der Waals surface area contributed by atoms with Gasteiger partial charge in [-0.15, -0.1) is 0 Å². The summed E-state index contributed by atoms with van der Waals surface area (Å²) in [6, 6.07) is -0.858. The molecule has 0 aromatic heterocycles. The van der Waals surface area contributed by atoms with Crippen molar-refractivity contribution in [1.29, 1.82) is 0 Å². The quantitative estimate of drug-likeness (QED) is 0.206. The second-order valence-electron chi connectivity index (χ2n) is 10.9. The van der Waals surface area contributed by atoms with Gasteiger partial charge in [-0.05, 0) is 63.2 Å². The topological polar surface area (TPSA) is 129 Å². The van der Waals surface area contributed by atoms with E-state index in [1.54, 1.807) is 0 Å². The molecule has 10 heteroatoms. The van der Waals surface area contributed by atoms with Crippen molar-refractivity contribution in [2.45, 2.75) is 116 Å². The number of carbonyl (C=O) groups is 4. The van der Waals surface area contributed by atoms with Gasteiger partial charge in [-0.3, -0.25) is 0 Å². The zero-order valence-electron chi connectivity index (χ0n) is 23.4. The molecule has 0 unspecified atom stereocenters. The van der Waals surface area contributed by atoms with E-state index in [2.05, 4.69) is 10.6 Å². The van der Waals surface area contributed by atoms with Crippen molar-refractivity contribution in [1.82, 2.24) is 10.6 Å². The molecule has 0 spiro atoms. The number of carbonyl (C=O) groups excluding carboxylic acids is 4. The Morgan fingerprint density at radius 1 is 0.632 bits per heavy atom. The first-order valence-electron chi connectivity index (χ1n) is 14.1. The summed E-state index contributed by atoms with van der Waals surface area (Å²) in [5.74, 6) is -1.46. The number of hydrogen-bond acceptors (Lipinski definition) is 8. The first kappa shape index (κ1) is 31.4. The Morgan fingerprint density at radius 3 is 1.29 bits per heavy atom. The Bertz CT molecular complexity index is 722. The van der Waals surface area contributed by atoms with E-state index in [0.717, 1.165) is 76.4 Å². The van der Waals surface area contributed by atoms with Crippen molar-refractivity contribution in [3.8, 4) is 0 Å². The third-order valence-electron chi connectivity index (χ3n) is 7.03. The van der Waals surface area contributed by atoms with Crippen LogP contribution >= 0.6 is 0 Å². The van der Waals surface area contributed by atoms with Gasteiger partial charge in [0.2, 0.25) is 0 Å². The highest BCUT2D eigenvalue weighted by molar-refractivity contribution is 5.91. The van der Waals surface area contributed by atoms with Gasteiger partial charge in [0.25, 0.3) is 0 Å². The summed E-state index contributed by atoms with van der Waals surface area (Å²) in [4.78, 5) is 48.7. The third kappa shape index (κ3) is 12.6. The Kier molecular flexibility index (Phi) is 14.0. The van der Waals surface area contributed by atoms with Crippen LogP contribution in [0, 0.1) is 11.8 Å². The van der Waals surface area contributed by atoms with Crippen molar-refractivity contribution >= 4 is 24.1 Å². The van der Waals surface area contributed by atoms with E-state index in [1.165, 1.54) is 0 Å². The average Bonchev–Trinajstić information content (AvgIpc) is 2.88. The zero-order valence-corrected chi connectivity index (χ0v) is 23.4. The van der Waals surface area contributed by atoms with E-state index < -0.39 is 36.2 Å². The Labute approximate surface area is 226 Å². The number of ether oxygens (including phenoxy) is 4. The molecular formula is C28H46N2O8. The minimum atomic E-state index is -0.732. The van der Waals surface area contributed by atoms with E-state index in [-0.39, 0.29) is 37.3 Å². The Balaban J connectivity index is 1.71. The minimum Gasteiger partial charge on any atom is -0.460 e. The van der Waals surface area contributed by atoms with Crippen LogP contribution in [0.3, 0.4) is 0 Å². The molecule has 2 rings (SSSR count). The zero-order chi connectivity index (χ0) is 27.9. The molecule has 0 saturated heterocycles. The number of rotatable bonds is 12. The first-order chi connectivity index (χ1) is 18.1. The lowest BCUT2D eigenvalue weighted by atomic mass is 9.98. The smallest absolute Gasteiger partial charge is 0.407 e. The summed E-state index contributed by atoms with van der Waals surface area (Å²) in [6.45, 7) is 7.48. The molecule has 0 aliphatic heterocycles. The molecule has 0 bridgehead atoms. The summed E-state index contributed by atoms with van der Waals surface area (Å²) in [7, 11) is 0. The number of hydrogen-bond donors (Lipinski definition) is 2. The standard InChI is InChI=1S/C28H46N2O8/c1-19(2)23(29-27(33)37-21-11-7-5-8-12-21)17-35-25(31)15-16-26(32)36-18-24(20(3)4)30-28(34)38-22-13-9-6-10-14-22/h15-16,19-24H,5-14,17-18H2,1-4H3,(H,29,33)(H,30,34)/b16-15+/t23-,24-/m1/s1. The van der Waals surface area contributed by atoms with Gasteiger partial charge in [-0.2, -0.15) is 0 Å².